The van der Waals surface area contributed by atoms with Crippen molar-refractivity contribution >= 4 is 29.3 Å². The van der Waals surface area contributed by atoms with Gasteiger partial charge in [0.1, 0.15) is 5.82 Å². The minimum atomic E-state index is 0.291. The van der Waals surface area contributed by atoms with Gasteiger partial charge in [-0.3, -0.25) is 9.69 Å². The van der Waals surface area contributed by atoms with Gasteiger partial charge in [0.15, 0.2) is 0 Å². The lowest BCUT2D eigenvalue weighted by Gasteiger charge is -2.20. The second-order valence-corrected chi connectivity index (χ2v) is 6.86. The van der Waals surface area contributed by atoms with Gasteiger partial charge in [-0.05, 0) is 49.2 Å². The van der Waals surface area contributed by atoms with Crippen LogP contribution in [0.2, 0.25) is 0 Å². The molecule has 1 amide bonds. The van der Waals surface area contributed by atoms with Crippen molar-refractivity contribution in [1.29, 1.82) is 0 Å². The van der Waals surface area contributed by atoms with Crippen molar-refractivity contribution in [3.8, 4) is 11.1 Å². The number of pyridine rings is 1. The minimum Gasteiger partial charge on any atom is -0.395 e. The molecule has 0 atom stereocenters. The van der Waals surface area contributed by atoms with Gasteiger partial charge >= 0.3 is 0 Å². The third kappa shape index (κ3) is 5.42. The van der Waals surface area contributed by atoms with E-state index >= 15 is 0 Å². The summed E-state index contributed by atoms with van der Waals surface area (Å²) in [6.45, 7) is 8.00. The number of benzene rings is 2. The van der Waals surface area contributed by atoms with Crippen LogP contribution in [0.4, 0.5) is 22.9 Å². The molecule has 0 unspecified atom stereocenters. The Balaban J connectivity index is 0.00000166. The van der Waals surface area contributed by atoms with Crippen molar-refractivity contribution in [1.82, 2.24) is 4.98 Å². The van der Waals surface area contributed by atoms with Crippen LogP contribution in [0.5, 0.6) is 0 Å². The summed E-state index contributed by atoms with van der Waals surface area (Å²) in [7, 11) is 1.94. The zero-order chi connectivity index (χ0) is 23.0. The number of rotatable bonds is 6. The third-order valence-corrected chi connectivity index (χ3v) is 4.90. The molecule has 3 rings (SSSR count). The summed E-state index contributed by atoms with van der Waals surface area (Å²) in [6, 6.07) is 15.7. The molecule has 0 aliphatic rings. The Labute approximate surface area is 184 Å². The molecule has 2 aromatic carbocycles. The molecule has 0 saturated carbocycles. The lowest BCUT2D eigenvalue weighted by atomic mass is 9.98. The second kappa shape index (κ2) is 10.8. The molecule has 31 heavy (non-hydrogen) atoms. The van der Waals surface area contributed by atoms with E-state index in [0.29, 0.717) is 11.5 Å². The van der Waals surface area contributed by atoms with Gasteiger partial charge in [-0.2, -0.15) is 0 Å². The number of carbonyl (C=O) groups excluding carboxylic acids is 1. The molecular weight excluding hydrogens is 386 g/mol. The van der Waals surface area contributed by atoms with E-state index in [4.69, 9.17) is 11.5 Å². The van der Waals surface area contributed by atoms with Crippen LogP contribution in [0.15, 0.2) is 67.1 Å². The highest BCUT2D eigenvalue weighted by molar-refractivity contribution is 5.89. The fourth-order valence-electron chi connectivity index (χ4n) is 3.13. The predicted molar refractivity (Wildman–Crippen MR) is 132 cm³/mol. The monoisotopic (exact) mass is 417 g/mol. The maximum absolute atomic E-state index is 11.8. The zero-order valence-corrected chi connectivity index (χ0v) is 18.8. The summed E-state index contributed by atoms with van der Waals surface area (Å²) in [6.07, 6.45) is 6.00. The molecular formula is C25H31N5O. The van der Waals surface area contributed by atoms with Crippen LogP contribution >= 0.6 is 0 Å². The topological polar surface area (TPSA) is 88.5 Å². The van der Waals surface area contributed by atoms with Crippen LogP contribution in [0.1, 0.15) is 25.0 Å². The fourth-order valence-corrected chi connectivity index (χ4v) is 3.13. The van der Waals surface area contributed by atoms with Crippen molar-refractivity contribution in [2.24, 2.45) is 0 Å². The molecule has 0 radical (unpaired) electrons. The number of aromatic nitrogens is 1. The molecule has 162 valence electrons. The lowest BCUT2D eigenvalue weighted by molar-refractivity contribution is -0.106. The largest absolute Gasteiger partial charge is 0.395 e. The average Bonchev–Trinajstić information content (AvgIpc) is 2.79. The summed E-state index contributed by atoms with van der Waals surface area (Å²) in [5.74, 6) is 0.291. The highest BCUT2D eigenvalue weighted by Crippen LogP contribution is 2.35. The molecule has 0 fully saturated rings. The van der Waals surface area contributed by atoms with Gasteiger partial charge in [0, 0.05) is 36.9 Å². The minimum absolute atomic E-state index is 0.291. The summed E-state index contributed by atoms with van der Waals surface area (Å²) >= 11 is 0. The quantitative estimate of drug-likeness (QED) is 0.543. The van der Waals surface area contributed by atoms with Crippen LogP contribution < -0.4 is 21.3 Å². The molecule has 0 saturated heterocycles. The van der Waals surface area contributed by atoms with Gasteiger partial charge in [-0.25, -0.2) is 4.98 Å². The highest BCUT2D eigenvalue weighted by atomic mass is 16.1. The summed E-state index contributed by atoms with van der Waals surface area (Å²) in [5, 5.41) is 0. The van der Waals surface area contributed by atoms with Gasteiger partial charge in [-0.1, -0.05) is 43.7 Å². The van der Waals surface area contributed by atoms with Crippen LogP contribution in [-0.2, 0) is 4.79 Å². The normalized spacial score (nSPS) is 10.4. The Morgan fingerprint density at radius 2 is 1.58 bits per heavy atom. The maximum Gasteiger partial charge on any atom is 0.218 e. The van der Waals surface area contributed by atoms with Crippen molar-refractivity contribution in [3.05, 3.63) is 78.3 Å². The Morgan fingerprint density at radius 3 is 2.23 bits per heavy atom. The Hall–Kier alpha value is -3.80. The van der Waals surface area contributed by atoms with Crippen LogP contribution in [0, 0.1) is 13.8 Å². The third-order valence-electron chi connectivity index (χ3n) is 4.90. The van der Waals surface area contributed by atoms with Crippen molar-refractivity contribution in [2.45, 2.75) is 27.7 Å². The molecule has 0 spiro atoms. The number of hydrogen-bond acceptors (Lipinski definition) is 5. The first-order chi connectivity index (χ1) is 14.9. The van der Waals surface area contributed by atoms with Gasteiger partial charge in [-0.15, -0.1) is 0 Å². The van der Waals surface area contributed by atoms with E-state index in [2.05, 4.69) is 17.1 Å². The van der Waals surface area contributed by atoms with E-state index in [1.165, 1.54) is 5.56 Å². The highest BCUT2D eigenvalue weighted by Gasteiger charge is 2.14. The van der Waals surface area contributed by atoms with E-state index in [-0.39, 0.29) is 0 Å². The van der Waals surface area contributed by atoms with Gasteiger partial charge < -0.3 is 16.4 Å². The Kier molecular flexibility index (Phi) is 8.20. The van der Waals surface area contributed by atoms with Crippen LogP contribution in [0.25, 0.3) is 11.1 Å². The first kappa shape index (κ1) is 23.5. The number of amides is 1. The molecule has 6 heteroatoms. The molecule has 1 aromatic heterocycles. The first-order valence-electron chi connectivity index (χ1n) is 10.2. The standard InChI is InChI=1S/C23H25N5O.C2H6/c1-16-7-9-18(10-8-16)27(3)13-14-28(15-29)21-6-4-5-19(17(21)2)20-11-12-26-23(25)22(20)24;1-2/h4-15H,24H2,1-3H3,(H2,25,26);1-2H3/b14-13-;. The number of aryl methyl sites for hydroxylation is 1. The lowest BCUT2D eigenvalue weighted by Crippen LogP contribution is -2.17. The maximum atomic E-state index is 11.8. The fraction of sp³-hybridized carbons (Fsp3) is 0.200. The van der Waals surface area contributed by atoms with E-state index in [1.54, 1.807) is 17.3 Å². The zero-order valence-electron chi connectivity index (χ0n) is 18.8. The van der Waals surface area contributed by atoms with E-state index in [1.807, 2.05) is 82.2 Å². The predicted octanol–water partition coefficient (Wildman–Crippen LogP) is 5.13. The average molecular weight is 418 g/mol. The summed E-state index contributed by atoms with van der Waals surface area (Å²) in [4.78, 5) is 19.3. The second-order valence-electron chi connectivity index (χ2n) is 6.86. The molecule has 4 N–H and O–H groups in total. The molecule has 0 aliphatic heterocycles. The number of nitrogen functional groups attached to an aromatic ring is 2. The Bertz CT molecular complexity index is 1040. The molecule has 0 bridgehead atoms. The van der Waals surface area contributed by atoms with Crippen molar-refractivity contribution < 1.29 is 4.79 Å². The first-order valence-corrected chi connectivity index (χ1v) is 10.2. The van der Waals surface area contributed by atoms with Gasteiger partial charge in [0.05, 0.1) is 11.4 Å². The summed E-state index contributed by atoms with van der Waals surface area (Å²) < 4.78 is 0. The van der Waals surface area contributed by atoms with Crippen molar-refractivity contribution in [2.75, 3.05) is 28.3 Å². The van der Waals surface area contributed by atoms with E-state index in [0.717, 1.165) is 34.5 Å². The molecule has 0 aliphatic carbocycles. The van der Waals surface area contributed by atoms with Crippen LogP contribution in [-0.4, -0.2) is 18.4 Å². The van der Waals surface area contributed by atoms with Gasteiger partial charge in [0.25, 0.3) is 0 Å². The van der Waals surface area contributed by atoms with Gasteiger partial charge in [0.2, 0.25) is 6.41 Å². The molecule has 3 aromatic rings. The Morgan fingerprint density at radius 1 is 0.903 bits per heavy atom. The molecule has 1 heterocycles. The number of anilines is 4. The SMILES string of the molecule is CC.Cc1ccc(N(C)/C=C\N(C=O)c2cccc(-c3ccnc(N)c3N)c2C)cc1. The smallest absolute Gasteiger partial charge is 0.218 e. The summed E-state index contributed by atoms with van der Waals surface area (Å²) in [5.41, 5.74) is 18.0. The number of hydrogen-bond donors (Lipinski definition) is 2. The van der Waals surface area contributed by atoms with E-state index in [9.17, 15) is 4.79 Å². The number of nitrogens with zero attached hydrogens (tertiary/aromatic N) is 3. The number of nitrogens with two attached hydrogens (primary N) is 2. The molecule has 6 nitrogen and oxygen atoms in total. The van der Waals surface area contributed by atoms with Crippen LogP contribution in [0.3, 0.4) is 0 Å². The van der Waals surface area contributed by atoms with E-state index < -0.39 is 0 Å². The van der Waals surface area contributed by atoms with Crippen molar-refractivity contribution in [3.63, 3.8) is 0 Å². The number of carbonyl (C=O) groups is 1.